The molecule has 2 N–H and O–H groups in total. The lowest BCUT2D eigenvalue weighted by Gasteiger charge is -1.99. The van der Waals surface area contributed by atoms with E-state index in [1.165, 1.54) is 23.5 Å². The second-order valence-electron chi connectivity index (χ2n) is 3.49. The molecular weight excluding hydrogens is 233 g/mol. The van der Waals surface area contributed by atoms with Gasteiger partial charge in [-0.2, -0.15) is 0 Å². The van der Waals surface area contributed by atoms with E-state index in [4.69, 9.17) is 17.3 Å². The van der Waals surface area contributed by atoms with Gasteiger partial charge in [0.25, 0.3) is 0 Å². The number of fused-ring (bicyclic) bond motifs is 1. The number of thiophene rings is 1. The quantitative estimate of drug-likeness (QED) is 0.858. The second-order valence-corrected chi connectivity index (χ2v) is 5.12. The minimum absolute atomic E-state index is 0.215. The summed E-state index contributed by atoms with van der Waals surface area (Å²) in [6, 6.07) is 3.07. The molecule has 1 nitrogen and oxygen atoms in total. The molecule has 2 aromatic rings. The van der Waals surface area contributed by atoms with Crippen molar-refractivity contribution in [2.45, 2.75) is 13.3 Å². The molecule has 0 atom stereocenters. The minimum atomic E-state index is -0.215. The summed E-state index contributed by atoms with van der Waals surface area (Å²) in [6.45, 7) is 2.42. The van der Waals surface area contributed by atoms with Gasteiger partial charge in [0.15, 0.2) is 0 Å². The van der Waals surface area contributed by atoms with Gasteiger partial charge in [0.05, 0.1) is 4.34 Å². The lowest BCUT2D eigenvalue weighted by molar-refractivity contribution is 0.628. The van der Waals surface area contributed by atoms with Crippen LogP contribution in [0.15, 0.2) is 12.1 Å². The smallest absolute Gasteiger partial charge is 0.124 e. The van der Waals surface area contributed by atoms with Crippen molar-refractivity contribution >= 4 is 33.0 Å². The minimum Gasteiger partial charge on any atom is -0.330 e. The van der Waals surface area contributed by atoms with Gasteiger partial charge >= 0.3 is 0 Å². The molecule has 0 bridgehead atoms. The van der Waals surface area contributed by atoms with E-state index >= 15 is 0 Å². The average Bonchev–Trinajstić information content (AvgIpc) is 2.46. The first-order valence-electron chi connectivity index (χ1n) is 4.70. The summed E-state index contributed by atoms with van der Waals surface area (Å²) in [7, 11) is 0. The van der Waals surface area contributed by atoms with Crippen LogP contribution in [-0.2, 0) is 6.42 Å². The average molecular weight is 244 g/mol. The molecule has 0 aliphatic heterocycles. The van der Waals surface area contributed by atoms with Gasteiger partial charge in [-0.15, -0.1) is 11.3 Å². The van der Waals surface area contributed by atoms with Gasteiger partial charge in [0, 0.05) is 10.1 Å². The van der Waals surface area contributed by atoms with Crippen LogP contribution in [0, 0.1) is 12.7 Å². The molecule has 1 aromatic carbocycles. The van der Waals surface area contributed by atoms with E-state index in [1.54, 1.807) is 0 Å². The Morgan fingerprint density at radius 1 is 1.47 bits per heavy atom. The molecule has 0 saturated carbocycles. The molecule has 0 aliphatic rings. The molecule has 1 heterocycles. The maximum atomic E-state index is 13.3. The van der Waals surface area contributed by atoms with Crippen LogP contribution >= 0.6 is 22.9 Å². The van der Waals surface area contributed by atoms with Crippen LogP contribution < -0.4 is 5.73 Å². The lowest BCUT2D eigenvalue weighted by atomic mass is 10.1. The Labute approximate surface area is 96.7 Å². The molecule has 0 fully saturated rings. The third-order valence-corrected chi connectivity index (χ3v) is 4.02. The van der Waals surface area contributed by atoms with Crippen LogP contribution in [0.4, 0.5) is 4.39 Å². The van der Waals surface area contributed by atoms with Crippen molar-refractivity contribution in [2.24, 2.45) is 5.73 Å². The number of nitrogens with two attached hydrogens (primary N) is 1. The molecule has 0 amide bonds. The monoisotopic (exact) mass is 243 g/mol. The van der Waals surface area contributed by atoms with Gasteiger partial charge in [-0.05, 0) is 43.1 Å². The maximum absolute atomic E-state index is 13.3. The zero-order valence-corrected chi connectivity index (χ0v) is 9.88. The van der Waals surface area contributed by atoms with Gasteiger partial charge in [0.1, 0.15) is 5.82 Å². The van der Waals surface area contributed by atoms with E-state index in [0.29, 0.717) is 13.0 Å². The molecule has 15 heavy (non-hydrogen) atoms. The van der Waals surface area contributed by atoms with E-state index in [-0.39, 0.29) is 5.82 Å². The van der Waals surface area contributed by atoms with E-state index < -0.39 is 0 Å². The van der Waals surface area contributed by atoms with E-state index in [0.717, 1.165) is 25.5 Å². The predicted octanol–water partition coefficient (Wildman–Crippen LogP) is 3.50. The third-order valence-electron chi connectivity index (χ3n) is 2.39. The van der Waals surface area contributed by atoms with E-state index in [1.807, 2.05) is 6.92 Å². The summed E-state index contributed by atoms with van der Waals surface area (Å²) in [4.78, 5) is 0. The summed E-state index contributed by atoms with van der Waals surface area (Å²) in [5.74, 6) is -0.215. The summed E-state index contributed by atoms with van der Waals surface area (Å²) in [5.41, 5.74) is 7.41. The van der Waals surface area contributed by atoms with Crippen molar-refractivity contribution < 1.29 is 4.39 Å². The molecule has 0 saturated heterocycles. The van der Waals surface area contributed by atoms with Crippen LogP contribution in [0.25, 0.3) is 10.1 Å². The van der Waals surface area contributed by atoms with Crippen molar-refractivity contribution in [3.05, 3.63) is 33.4 Å². The Balaban J connectivity index is 2.74. The summed E-state index contributed by atoms with van der Waals surface area (Å²) in [5, 5.41) is 0.910. The Hall–Kier alpha value is -0.640. The predicted molar refractivity (Wildman–Crippen MR) is 64.3 cm³/mol. The van der Waals surface area contributed by atoms with Crippen molar-refractivity contribution in [1.29, 1.82) is 0 Å². The topological polar surface area (TPSA) is 26.0 Å². The number of benzene rings is 1. The van der Waals surface area contributed by atoms with E-state index in [9.17, 15) is 4.39 Å². The Bertz CT molecular complexity index is 507. The molecule has 1 aromatic heterocycles. The third kappa shape index (κ3) is 1.87. The molecule has 4 heteroatoms. The van der Waals surface area contributed by atoms with Crippen molar-refractivity contribution in [3.8, 4) is 0 Å². The molecule has 80 valence electrons. The highest BCUT2D eigenvalue weighted by Gasteiger charge is 2.12. The highest BCUT2D eigenvalue weighted by molar-refractivity contribution is 7.23. The van der Waals surface area contributed by atoms with Gasteiger partial charge in [-0.3, -0.25) is 0 Å². The SMILES string of the molecule is Cc1cc(F)cc2c(CCN)c(Cl)sc12. The molecular formula is C11H11ClFNS. The zero-order chi connectivity index (χ0) is 11.0. The number of halogens is 2. The van der Waals surface area contributed by atoms with Gasteiger partial charge in [0.2, 0.25) is 0 Å². The van der Waals surface area contributed by atoms with Crippen LogP contribution in [0.5, 0.6) is 0 Å². The number of aryl methyl sites for hydroxylation is 1. The molecule has 0 aliphatic carbocycles. The van der Waals surface area contributed by atoms with Crippen LogP contribution in [-0.4, -0.2) is 6.54 Å². The van der Waals surface area contributed by atoms with Crippen LogP contribution in [0.1, 0.15) is 11.1 Å². The Kier molecular flexibility index (Phi) is 2.96. The molecule has 0 radical (unpaired) electrons. The molecule has 0 unspecified atom stereocenters. The summed E-state index contributed by atoms with van der Waals surface area (Å²) < 4.78 is 15.0. The van der Waals surface area contributed by atoms with Crippen LogP contribution in [0.2, 0.25) is 4.34 Å². The van der Waals surface area contributed by atoms with Crippen molar-refractivity contribution in [2.75, 3.05) is 6.54 Å². The first kappa shape index (κ1) is 10.9. The molecule has 0 spiro atoms. The lowest BCUT2D eigenvalue weighted by Crippen LogP contribution is -2.02. The second kappa shape index (κ2) is 4.08. The highest BCUT2D eigenvalue weighted by atomic mass is 35.5. The largest absolute Gasteiger partial charge is 0.330 e. The maximum Gasteiger partial charge on any atom is 0.124 e. The molecule has 2 rings (SSSR count). The normalized spacial score (nSPS) is 11.2. The van der Waals surface area contributed by atoms with Crippen LogP contribution in [0.3, 0.4) is 0 Å². The summed E-state index contributed by atoms with van der Waals surface area (Å²) in [6.07, 6.45) is 0.696. The Morgan fingerprint density at radius 3 is 2.87 bits per heavy atom. The van der Waals surface area contributed by atoms with Gasteiger partial charge in [-0.25, -0.2) is 4.39 Å². The number of hydrogen-bond donors (Lipinski definition) is 1. The van der Waals surface area contributed by atoms with E-state index in [2.05, 4.69) is 0 Å². The standard InChI is InChI=1S/C11H11ClFNS/c1-6-4-7(13)5-9-8(2-3-14)11(12)15-10(6)9/h4-5H,2-3,14H2,1H3. The first-order chi connectivity index (χ1) is 7.13. The van der Waals surface area contributed by atoms with Gasteiger partial charge in [-0.1, -0.05) is 11.6 Å². The zero-order valence-electron chi connectivity index (χ0n) is 8.31. The highest BCUT2D eigenvalue weighted by Crippen LogP contribution is 2.37. The van der Waals surface area contributed by atoms with Crippen molar-refractivity contribution in [1.82, 2.24) is 0 Å². The summed E-state index contributed by atoms with van der Waals surface area (Å²) >= 11 is 7.61. The Morgan fingerprint density at radius 2 is 2.20 bits per heavy atom. The van der Waals surface area contributed by atoms with Gasteiger partial charge < -0.3 is 5.73 Å². The van der Waals surface area contributed by atoms with Crippen molar-refractivity contribution in [3.63, 3.8) is 0 Å². The first-order valence-corrected chi connectivity index (χ1v) is 5.90. The number of rotatable bonds is 2. The fourth-order valence-corrected chi connectivity index (χ4v) is 3.18. The fraction of sp³-hybridized carbons (Fsp3) is 0.273. The fourth-order valence-electron chi connectivity index (χ4n) is 1.72. The number of hydrogen-bond acceptors (Lipinski definition) is 2.